The standard InChI is InChI=1S/C12H4Cl2F4/c13-6-1-5(2-7(14)3-6)10-8(15)4-9(16)11(17)12(10)18/h1-4H. The van der Waals surface area contributed by atoms with Crippen LogP contribution in [0.5, 0.6) is 0 Å². The monoisotopic (exact) mass is 294 g/mol. The molecule has 6 heteroatoms. The molecule has 0 aromatic heterocycles. The van der Waals surface area contributed by atoms with Gasteiger partial charge in [-0.1, -0.05) is 23.2 Å². The molecule has 0 aliphatic rings. The van der Waals surface area contributed by atoms with Crippen LogP contribution in [0, 0.1) is 23.3 Å². The van der Waals surface area contributed by atoms with Gasteiger partial charge in [-0.25, -0.2) is 17.6 Å². The topological polar surface area (TPSA) is 0 Å². The minimum absolute atomic E-state index is 0.0681. The predicted octanol–water partition coefficient (Wildman–Crippen LogP) is 5.22. The Kier molecular flexibility index (Phi) is 3.50. The van der Waals surface area contributed by atoms with Gasteiger partial charge in [0.05, 0.1) is 5.56 Å². The second-order valence-corrected chi connectivity index (χ2v) is 4.37. The van der Waals surface area contributed by atoms with Crippen LogP contribution in [-0.4, -0.2) is 0 Å². The van der Waals surface area contributed by atoms with Crippen molar-refractivity contribution < 1.29 is 17.6 Å². The highest BCUT2D eigenvalue weighted by Crippen LogP contribution is 2.32. The molecule has 0 spiro atoms. The van der Waals surface area contributed by atoms with E-state index in [1.54, 1.807) is 0 Å². The van der Waals surface area contributed by atoms with E-state index in [4.69, 9.17) is 23.2 Å². The number of hydrogen-bond acceptors (Lipinski definition) is 0. The molecule has 94 valence electrons. The van der Waals surface area contributed by atoms with E-state index in [2.05, 4.69) is 0 Å². The summed E-state index contributed by atoms with van der Waals surface area (Å²) in [5.74, 6) is -6.19. The highest BCUT2D eigenvalue weighted by Gasteiger charge is 2.20. The number of halogens is 6. The van der Waals surface area contributed by atoms with E-state index in [9.17, 15) is 17.6 Å². The lowest BCUT2D eigenvalue weighted by molar-refractivity contribution is 0.437. The molecule has 0 nitrogen and oxygen atoms in total. The fraction of sp³-hybridized carbons (Fsp3) is 0. The molecule has 0 bridgehead atoms. The van der Waals surface area contributed by atoms with Gasteiger partial charge in [-0.3, -0.25) is 0 Å². The first-order valence-electron chi connectivity index (χ1n) is 4.69. The van der Waals surface area contributed by atoms with Crippen LogP contribution in [0.15, 0.2) is 24.3 Å². The van der Waals surface area contributed by atoms with Gasteiger partial charge in [-0.05, 0) is 23.8 Å². The Bertz CT molecular complexity index is 606. The van der Waals surface area contributed by atoms with Gasteiger partial charge in [0.15, 0.2) is 17.5 Å². The molecule has 0 saturated carbocycles. The van der Waals surface area contributed by atoms with E-state index >= 15 is 0 Å². The number of hydrogen-bond donors (Lipinski definition) is 0. The van der Waals surface area contributed by atoms with E-state index in [0.717, 1.165) is 0 Å². The second-order valence-electron chi connectivity index (χ2n) is 3.50. The summed E-state index contributed by atoms with van der Waals surface area (Å²) >= 11 is 11.4. The van der Waals surface area contributed by atoms with Crippen LogP contribution in [0.1, 0.15) is 0 Å². The lowest BCUT2D eigenvalue weighted by Gasteiger charge is -2.08. The molecule has 0 amide bonds. The molecule has 18 heavy (non-hydrogen) atoms. The van der Waals surface area contributed by atoms with Gasteiger partial charge in [0.1, 0.15) is 5.82 Å². The molecule has 2 aromatic carbocycles. The number of benzene rings is 2. The van der Waals surface area contributed by atoms with Gasteiger partial charge in [-0.2, -0.15) is 0 Å². The third-order valence-electron chi connectivity index (χ3n) is 2.27. The smallest absolute Gasteiger partial charge is 0.195 e. The van der Waals surface area contributed by atoms with Crippen molar-refractivity contribution in [3.8, 4) is 11.1 Å². The summed E-state index contributed by atoms with van der Waals surface area (Å²) < 4.78 is 52.9. The predicted molar refractivity (Wildman–Crippen MR) is 61.7 cm³/mol. The molecule has 0 N–H and O–H groups in total. The summed E-state index contributed by atoms with van der Waals surface area (Å²) in [4.78, 5) is 0. The summed E-state index contributed by atoms with van der Waals surface area (Å²) in [5, 5.41) is 0.252. The molecular weight excluding hydrogens is 291 g/mol. The maximum Gasteiger partial charge on any atom is 0.195 e. The van der Waals surface area contributed by atoms with Crippen molar-refractivity contribution in [3.05, 3.63) is 57.6 Å². The van der Waals surface area contributed by atoms with Crippen molar-refractivity contribution in [2.75, 3.05) is 0 Å². The molecule has 2 rings (SSSR count). The zero-order valence-corrected chi connectivity index (χ0v) is 10.1. The van der Waals surface area contributed by atoms with Crippen molar-refractivity contribution >= 4 is 23.2 Å². The van der Waals surface area contributed by atoms with E-state index in [-0.39, 0.29) is 21.7 Å². The van der Waals surface area contributed by atoms with Crippen LogP contribution in [0.25, 0.3) is 11.1 Å². The highest BCUT2D eigenvalue weighted by molar-refractivity contribution is 6.35. The summed E-state index contributed by atoms with van der Waals surface area (Å²) in [7, 11) is 0. The SMILES string of the molecule is Fc1cc(F)c(-c2cc(Cl)cc(Cl)c2)c(F)c1F. The summed E-state index contributed by atoms with van der Waals surface area (Å²) in [6.07, 6.45) is 0. The Hall–Kier alpha value is -1.26. The van der Waals surface area contributed by atoms with Crippen LogP contribution in [0.3, 0.4) is 0 Å². The summed E-state index contributed by atoms with van der Waals surface area (Å²) in [6, 6.07) is 4.02. The Morgan fingerprint density at radius 3 is 1.78 bits per heavy atom. The quantitative estimate of drug-likeness (QED) is 0.384. The second kappa shape index (κ2) is 4.78. The molecular formula is C12H4Cl2F4. The Labute approximate surface area is 110 Å². The van der Waals surface area contributed by atoms with E-state index in [0.29, 0.717) is 0 Å². The van der Waals surface area contributed by atoms with Crippen LogP contribution in [-0.2, 0) is 0 Å². The maximum atomic E-state index is 13.5. The maximum absolute atomic E-state index is 13.5. The lowest BCUT2D eigenvalue weighted by atomic mass is 10.0. The molecule has 0 unspecified atom stereocenters. The third kappa shape index (κ3) is 2.31. The summed E-state index contributed by atoms with van der Waals surface area (Å²) in [6.45, 7) is 0. The van der Waals surface area contributed by atoms with Gasteiger partial charge < -0.3 is 0 Å². The van der Waals surface area contributed by atoms with Gasteiger partial charge in [0, 0.05) is 16.1 Å². The first-order valence-corrected chi connectivity index (χ1v) is 5.45. The largest absolute Gasteiger partial charge is 0.206 e. The number of rotatable bonds is 1. The zero-order valence-electron chi connectivity index (χ0n) is 8.58. The molecule has 0 aliphatic carbocycles. The molecule has 2 aromatic rings. The fourth-order valence-corrected chi connectivity index (χ4v) is 2.06. The highest BCUT2D eigenvalue weighted by atomic mass is 35.5. The van der Waals surface area contributed by atoms with Gasteiger partial charge in [0.2, 0.25) is 0 Å². The molecule has 0 radical (unpaired) electrons. The van der Waals surface area contributed by atoms with Crippen molar-refractivity contribution in [3.63, 3.8) is 0 Å². The van der Waals surface area contributed by atoms with Crippen LogP contribution >= 0.6 is 23.2 Å². The third-order valence-corrected chi connectivity index (χ3v) is 2.70. The van der Waals surface area contributed by atoms with Crippen molar-refractivity contribution in [1.82, 2.24) is 0 Å². The van der Waals surface area contributed by atoms with E-state index < -0.39 is 28.8 Å². The van der Waals surface area contributed by atoms with E-state index in [1.807, 2.05) is 0 Å². The Morgan fingerprint density at radius 2 is 1.22 bits per heavy atom. The molecule has 0 atom stereocenters. The molecule has 0 saturated heterocycles. The Morgan fingerprint density at radius 1 is 0.667 bits per heavy atom. The van der Waals surface area contributed by atoms with E-state index in [1.165, 1.54) is 18.2 Å². The average molecular weight is 295 g/mol. The molecule has 0 fully saturated rings. The average Bonchev–Trinajstić information content (AvgIpc) is 2.24. The normalized spacial score (nSPS) is 10.8. The fourth-order valence-electron chi connectivity index (χ4n) is 1.53. The summed E-state index contributed by atoms with van der Waals surface area (Å²) in [5.41, 5.74) is -0.778. The van der Waals surface area contributed by atoms with Crippen molar-refractivity contribution in [2.45, 2.75) is 0 Å². The Balaban J connectivity index is 2.75. The zero-order chi connectivity index (χ0) is 13.4. The first kappa shape index (κ1) is 13.2. The van der Waals surface area contributed by atoms with Crippen molar-refractivity contribution in [1.29, 1.82) is 0 Å². The van der Waals surface area contributed by atoms with Crippen molar-refractivity contribution in [2.24, 2.45) is 0 Å². The van der Waals surface area contributed by atoms with Crippen LogP contribution in [0.4, 0.5) is 17.6 Å². The van der Waals surface area contributed by atoms with Gasteiger partial charge in [0.25, 0.3) is 0 Å². The minimum Gasteiger partial charge on any atom is -0.206 e. The van der Waals surface area contributed by atoms with Crippen LogP contribution in [0.2, 0.25) is 10.0 Å². The first-order chi connectivity index (χ1) is 8.40. The van der Waals surface area contributed by atoms with Gasteiger partial charge >= 0.3 is 0 Å². The molecule has 0 heterocycles. The van der Waals surface area contributed by atoms with Gasteiger partial charge in [-0.15, -0.1) is 0 Å². The minimum atomic E-state index is -1.75. The molecule has 0 aliphatic heterocycles. The van der Waals surface area contributed by atoms with Crippen LogP contribution < -0.4 is 0 Å². The lowest BCUT2D eigenvalue weighted by Crippen LogP contribution is -1.98.